The lowest BCUT2D eigenvalue weighted by Crippen LogP contribution is -2.07. The summed E-state index contributed by atoms with van der Waals surface area (Å²) in [7, 11) is 3.99. The third kappa shape index (κ3) is 25.8. The number of benzene rings is 2. The van der Waals surface area contributed by atoms with Gasteiger partial charge < -0.3 is 4.90 Å². The first kappa shape index (κ1) is 41.7. The van der Waals surface area contributed by atoms with Crippen molar-refractivity contribution in [2.45, 2.75) is 103 Å². The maximum Gasteiger partial charge on any atom is 0.159 e. The van der Waals surface area contributed by atoms with Crippen molar-refractivity contribution in [3.63, 3.8) is 0 Å². The Labute approximate surface area is 213 Å². The molecule has 0 atom stereocenters. The lowest BCUT2D eigenvalue weighted by atomic mass is 10.1. The summed E-state index contributed by atoms with van der Waals surface area (Å²) in [4.78, 5) is 13.2. The summed E-state index contributed by atoms with van der Waals surface area (Å²) in [5, 5.41) is 8.32. The van der Waals surface area contributed by atoms with Crippen LogP contribution < -0.4 is 4.90 Å². The van der Waals surface area contributed by atoms with E-state index < -0.39 is 0 Å². The second-order valence-corrected chi connectivity index (χ2v) is 6.13. The Morgan fingerprint density at radius 1 is 0.618 bits per heavy atom. The van der Waals surface area contributed by atoms with E-state index in [1.807, 2.05) is 98.7 Å². The van der Waals surface area contributed by atoms with Crippen molar-refractivity contribution in [3.8, 4) is 0 Å². The third-order valence-corrected chi connectivity index (χ3v) is 2.92. The number of azo groups is 1. The Morgan fingerprint density at radius 3 is 1.12 bits per heavy atom. The molecule has 34 heavy (non-hydrogen) atoms. The van der Waals surface area contributed by atoms with Crippen LogP contribution >= 0.6 is 0 Å². The lowest BCUT2D eigenvalue weighted by molar-refractivity contribution is 0.101. The molecule has 0 N–H and O–H groups in total. The van der Waals surface area contributed by atoms with E-state index in [1.54, 1.807) is 31.2 Å². The summed E-state index contributed by atoms with van der Waals surface area (Å²) >= 11 is 0. The first-order valence-electron chi connectivity index (χ1n) is 13.2. The highest BCUT2D eigenvalue weighted by molar-refractivity contribution is 5.94. The molecule has 2 rings (SSSR count). The number of anilines is 1. The molecule has 0 heterocycles. The normalized spacial score (nSPS) is 8.09. The zero-order chi connectivity index (χ0) is 27.9. The standard InChI is InChI=1S/C16H17N3O.2C3H8.4C2H6/c1-12(20)13-4-6-14(7-5-13)17-18-15-8-10-16(11-9-15)19(2)3;2*1-3-2;4*1-2/h4-11H,1-3H3;2*3H2,1-2H3;4*1-2H3. The fourth-order valence-corrected chi connectivity index (χ4v) is 1.70. The van der Waals surface area contributed by atoms with Crippen molar-refractivity contribution in [1.29, 1.82) is 0 Å². The van der Waals surface area contributed by atoms with E-state index in [4.69, 9.17) is 0 Å². The van der Waals surface area contributed by atoms with Gasteiger partial charge in [0, 0.05) is 25.3 Å². The summed E-state index contributed by atoms with van der Waals surface area (Å²) in [6, 6.07) is 14.9. The van der Waals surface area contributed by atoms with Gasteiger partial charge in [-0.2, -0.15) is 10.2 Å². The van der Waals surface area contributed by atoms with Gasteiger partial charge in [0.05, 0.1) is 11.4 Å². The van der Waals surface area contributed by atoms with Gasteiger partial charge in [0.25, 0.3) is 0 Å². The molecule has 2 aromatic rings. The highest BCUT2D eigenvalue weighted by atomic mass is 16.1. The second kappa shape index (κ2) is 35.1. The summed E-state index contributed by atoms with van der Waals surface area (Å²) in [6.45, 7) is 26.0. The van der Waals surface area contributed by atoms with Crippen molar-refractivity contribution >= 4 is 22.8 Å². The molecule has 0 aliphatic heterocycles. The smallest absolute Gasteiger partial charge is 0.159 e. The molecular formula is C30H57N3O. The predicted molar refractivity (Wildman–Crippen MR) is 159 cm³/mol. The number of ketones is 1. The average molecular weight is 476 g/mol. The van der Waals surface area contributed by atoms with E-state index in [9.17, 15) is 4.79 Å². The zero-order valence-corrected chi connectivity index (χ0v) is 25.3. The van der Waals surface area contributed by atoms with Gasteiger partial charge in [-0.3, -0.25) is 4.79 Å². The predicted octanol–water partition coefficient (Wildman–Crippen LogP) is 11.3. The van der Waals surface area contributed by atoms with Crippen LogP contribution in [0.15, 0.2) is 58.8 Å². The third-order valence-electron chi connectivity index (χ3n) is 2.92. The largest absolute Gasteiger partial charge is 0.378 e. The molecule has 0 saturated heterocycles. The minimum atomic E-state index is 0.0489. The van der Waals surface area contributed by atoms with Crippen molar-refractivity contribution in [1.82, 2.24) is 0 Å². The van der Waals surface area contributed by atoms with E-state index in [0.717, 1.165) is 17.1 Å². The number of rotatable bonds is 4. The molecule has 0 radical (unpaired) electrons. The van der Waals surface area contributed by atoms with Crippen molar-refractivity contribution in [2.75, 3.05) is 19.0 Å². The van der Waals surface area contributed by atoms with E-state index in [-0.39, 0.29) is 5.78 Å². The monoisotopic (exact) mass is 475 g/mol. The number of carbonyl (C=O) groups is 1. The molecule has 0 fully saturated rings. The molecule has 0 spiro atoms. The SMILES string of the molecule is CC.CC.CC.CC.CC(=O)c1ccc(N=Nc2ccc(N(C)C)cc2)cc1.CCC.CCC. The quantitative estimate of drug-likeness (QED) is 0.326. The molecule has 4 nitrogen and oxygen atoms in total. The first-order chi connectivity index (χ1) is 16.4. The number of hydrogen-bond acceptors (Lipinski definition) is 4. The van der Waals surface area contributed by atoms with Crippen LogP contribution in [-0.4, -0.2) is 19.9 Å². The van der Waals surface area contributed by atoms with Crippen LogP contribution in [0.1, 0.15) is 113 Å². The minimum Gasteiger partial charge on any atom is -0.378 e. The van der Waals surface area contributed by atoms with Gasteiger partial charge in [-0.05, 0) is 55.5 Å². The molecular weight excluding hydrogens is 418 g/mol. The van der Waals surface area contributed by atoms with Crippen LogP contribution in [0, 0.1) is 0 Å². The highest BCUT2D eigenvalue weighted by Crippen LogP contribution is 2.21. The average Bonchev–Trinajstić information content (AvgIpc) is 2.89. The molecule has 0 saturated carbocycles. The molecule has 198 valence electrons. The van der Waals surface area contributed by atoms with Gasteiger partial charge >= 0.3 is 0 Å². The Bertz CT molecular complexity index is 644. The minimum absolute atomic E-state index is 0.0489. The van der Waals surface area contributed by atoms with Crippen molar-refractivity contribution in [3.05, 3.63) is 54.1 Å². The number of Topliss-reactive ketones (excluding diaryl/α,β-unsaturated/α-hetero) is 1. The molecule has 2 aromatic carbocycles. The lowest BCUT2D eigenvalue weighted by Gasteiger charge is -2.11. The van der Waals surface area contributed by atoms with Crippen LogP contribution in [0.25, 0.3) is 0 Å². The summed E-state index contributed by atoms with van der Waals surface area (Å²) in [5.74, 6) is 0.0489. The highest BCUT2D eigenvalue weighted by Gasteiger charge is 1.98. The first-order valence-corrected chi connectivity index (χ1v) is 13.2. The van der Waals surface area contributed by atoms with Gasteiger partial charge in [-0.1, -0.05) is 95.9 Å². The van der Waals surface area contributed by atoms with Crippen LogP contribution in [0.3, 0.4) is 0 Å². The fourth-order valence-electron chi connectivity index (χ4n) is 1.70. The Morgan fingerprint density at radius 2 is 0.882 bits per heavy atom. The van der Waals surface area contributed by atoms with Crippen LogP contribution in [0.2, 0.25) is 0 Å². The second-order valence-electron chi connectivity index (χ2n) is 6.13. The summed E-state index contributed by atoms with van der Waals surface area (Å²) in [6.07, 6.45) is 2.50. The maximum atomic E-state index is 11.2. The van der Waals surface area contributed by atoms with E-state index >= 15 is 0 Å². The molecule has 0 amide bonds. The maximum absolute atomic E-state index is 11.2. The van der Waals surface area contributed by atoms with Crippen LogP contribution in [-0.2, 0) is 0 Å². The van der Waals surface area contributed by atoms with E-state index in [2.05, 4.69) is 37.9 Å². The van der Waals surface area contributed by atoms with Gasteiger partial charge in [-0.25, -0.2) is 0 Å². The topological polar surface area (TPSA) is 45.0 Å². The summed E-state index contributed by atoms with van der Waals surface area (Å²) < 4.78 is 0. The van der Waals surface area contributed by atoms with Gasteiger partial charge in [0.15, 0.2) is 5.78 Å². The number of nitrogens with zero attached hydrogens (tertiary/aromatic N) is 3. The van der Waals surface area contributed by atoms with E-state index in [0.29, 0.717) is 5.56 Å². The molecule has 0 aliphatic carbocycles. The number of carbonyl (C=O) groups excluding carboxylic acids is 1. The van der Waals surface area contributed by atoms with Gasteiger partial charge in [-0.15, -0.1) is 0 Å². The zero-order valence-electron chi connectivity index (χ0n) is 25.3. The van der Waals surface area contributed by atoms with E-state index in [1.165, 1.54) is 12.8 Å². The van der Waals surface area contributed by atoms with Crippen LogP contribution in [0.5, 0.6) is 0 Å². The Kier molecular flexibility index (Phi) is 43.1. The van der Waals surface area contributed by atoms with Crippen molar-refractivity contribution < 1.29 is 4.79 Å². The molecule has 0 aromatic heterocycles. The number of hydrogen-bond donors (Lipinski definition) is 0. The molecule has 0 aliphatic rings. The Balaban J connectivity index is -0.000000170. The summed E-state index contributed by atoms with van der Waals surface area (Å²) in [5.41, 5.74) is 3.33. The molecule has 0 bridgehead atoms. The molecule has 4 heteroatoms. The Hall–Kier alpha value is -2.49. The molecule has 0 unspecified atom stereocenters. The van der Waals surface area contributed by atoms with Crippen LogP contribution in [0.4, 0.5) is 17.1 Å². The fraction of sp³-hybridized carbons (Fsp3) is 0.567. The van der Waals surface area contributed by atoms with Gasteiger partial charge in [0.2, 0.25) is 0 Å². The van der Waals surface area contributed by atoms with Crippen molar-refractivity contribution in [2.24, 2.45) is 10.2 Å². The van der Waals surface area contributed by atoms with Gasteiger partial charge in [0.1, 0.15) is 0 Å².